The van der Waals surface area contributed by atoms with E-state index in [1.807, 2.05) is 11.4 Å². The minimum atomic E-state index is -0.588. The van der Waals surface area contributed by atoms with Crippen LogP contribution >= 0.6 is 11.3 Å². The number of thiophene rings is 1. The first kappa shape index (κ1) is 18.7. The molecule has 1 aromatic carbocycles. The molecule has 0 fully saturated rings. The van der Waals surface area contributed by atoms with Crippen LogP contribution in [0.5, 0.6) is 0 Å². The first-order valence-corrected chi connectivity index (χ1v) is 9.76. The lowest BCUT2D eigenvalue weighted by atomic mass is 10.0. The van der Waals surface area contributed by atoms with Crippen molar-refractivity contribution in [2.24, 2.45) is 0 Å². The Morgan fingerprint density at radius 2 is 1.97 bits per heavy atom. The number of H-pyrrole nitrogens is 1. The Labute approximate surface area is 167 Å². The number of benzene rings is 1. The third kappa shape index (κ3) is 3.59. The van der Waals surface area contributed by atoms with Gasteiger partial charge in [0.05, 0.1) is 23.5 Å². The number of carbonyl (C=O) groups excluding carboxylic acids is 1. The van der Waals surface area contributed by atoms with E-state index in [1.165, 1.54) is 20.7 Å². The Morgan fingerprint density at radius 3 is 2.72 bits per heavy atom. The molecule has 0 saturated heterocycles. The lowest BCUT2D eigenvalue weighted by Gasteiger charge is -2.13. The Hall–Kier alpha value is -3.60. The molecule has 0 radical (unpaired) electrons. The maximum Gasteiger partial charge on any atom is 0.369 e. The molecule has 1 amide bonds. The molecule has 0 aliphatic carbocycles. The van der Waals surface area contributed by atoms with Crippen molar-refractivity contribution in [3.8, 4) is 5.00 Å². The summed E-state index contributed by atoms with van der Waals surface area (Å²) < 4.78 is 2.41. The number of hydrogen-bond acceptors (Lipinski definition) is 7. The van der Waals surface area contributed by atoms with Gasteiger partial charge in [0.2, 0.25) is 5.91 Å². The highest BCUT2D eigenvalue weighted by molar-refractivity contribution is 7.12. The second kappa shape index (κ2) is 7.80. The number of rotatable bonds is 6. The summed E-state index contributed by atoms with van der Waals surface area (Å²) in [7, 11) is 0. The fourth-order valence-electron chi connectivity index (χ4n) is 2.97. The zero-order valence-corrected chi connectivity index (χ0v) is 16.2. The highest BCUT2D eigenvalue weighted by atomic mass is 32.1. The van der Waals surface area contributed by atoms with Gasteiger partial charge in [-0.2, -0.15) is 14.5 Å². The topological polar surface area (TPSA) is 128 Å². The summed E-state index contributed by atoms with van der Waals surface area (Å²) in [5.74, 6) is -0.858. The number of nitrogens with zero attached hydrogens (tertiary/aromatic N) is 5. The van der Waals surface area contributed by atoms with E-state index in [0.717, 1.165) is 0 Å². The van der Waals surface area contributed by atoms with Crippen molar-refractivity contribution in [1.29, 1.82) is 0 Å². The summed E-state index contributed by atoms with van der Waals surface area (Å²) in [6.45, 7) is 2.09. The van der Waals surface area contributed by atoms with Crippen molar-refractivity contribution >= 4 is 28.0 Å². The molecule has 0 aliphatic rings. The SMILES string of the molecule is C[C@H](C(=O)NCCn1nnn(-c2cccs2)c1=O)c1n[nH]c(=O)c2ccccc12. The largest absolute Gasteiger partial charge is 0.369 e. The summed E-state index contributed by atoms with van der Waals surface area (Å²) in [5, 5.41) is 20.6. The first-order valence-electron chi connectivity index (χ1n) is 8.88. The van der Waals surface area contributed by atoms with Crippen LogP contribution < -0.4 is 16.6 Å². The normalized spacial score (nSPS) is 12.2. The number of tetrazole rings is 1. The maximum atomic E-state index is 12.6. The van der Waals surface area contributed by atoms with Crippen LogP contribution in [0.2, 0.25) is 0 Å². The Kier molecular flexibility index (Phi) is 5.04. The number of fused-ring (bicyclic) bond motifs is 1. The van der Waals surface area contributed by atoms with Crippen molar-refractivity contribution in [3.05, 3.63) is 68.3 Å². The monoisotopic (exact) mass is 411 g/mol. The molecule has 0 aliphatic heterocycles. The smallest absolute Gasteiger partial charge is 0.354 e. The quantitative estimate of drug-likeness (QED) is 0.479. The summed E-state index contributed by atoms with van der Waals surface area (Å²) in [6, 6.07) is 10.6. The van der Waals surface area contributed by atoms with Crippen LogP contribution in [0.1, 0.15) is 18.5 Å². The van der Waals surface area contributed by atoms with Gasteiger partial charge in [-0.05, 0) is 40.9 Å². The van der Waals surface area contributed by atoms with Gasteiger partial charge in [0, 0.05) is 11.9 Å². The summed E-state index contributed by atoms with van der Waals surface area (Å²) in [5.41, 5.74) is -0.188. The summed E-state index contributed by atoms with van der Waals surface area (Å²) in [4.78, 5) is 36.8. The number of hydrogen-bond donors (Lipinski definition) is 2. The van der Waals surface area contributed by atoms with E-state index in [-0.39, 0.29) is 30.2 Å². The third-order valence-electron chi connectivity index (χ3n) is 4.51. The van der Waals surface area contributed by atoms with Crippen LogP contribution in [-0.2, 0) is 11.3 Å². The number of aromatic amines is 1. The fourth-order valence-corrected chi connectivity index (χ4v) is 3.64. The molecular formula is C18H17N7O3S. The van der Waals surface area contributed by atoms with E-state index in [1.54, 1.807) is 37.3 Å². The van der Waals surface area contributed by atoms with Gasteiger partial charge in [0.15, 0.2) is 0 Å². The fraction of sp³-hybridized carbons (Fsp3) is 0.222. The van der Waals surface area contributed by atoms with E-state index >= 15 is 0 Å². The Balaban J connectivity index is 1.44. The standard InChI is InChI=1S/C18H17N7O3S/c1-11(15-12-5-2-3-6-13(12)17(27)21-20-15)16(26)19-8-9-24-18(28)25(23-22-24)14-7-4-10-29-14/h2-7,10-11H,8-9H2,1H3,(H,19,26)(H,21,27)/t11-/m0/s1. The average Bonchev–Trinajstić information content (AvgIpc) is 3.38. The van der Waals surface area contributed by atoms with E-state index in [0.29, 0.717) is 21.5 Å². The lowest BCUT2D eigenvalue weighted by Crippen LogP contribution is -2.34. The first-order chi connectivity index (χ1) is 14.1. The van der Waals surface area contributed by atoms with Gasteiger partial charge < -0.3 is 5.32 Å². The van der Waals surface area contributed by atoms with Crippen molar-refractivity contribution in [1.82, 2.24) is 35.3 Å². The van der Waals surface area contributed by atoms with Crippen LogP contribution in [0.15, 0.2) is 51.4 Å². The Morgan fingerprint density at radius 1 is 1.17 bits per heavy atom. The van der Waals surface area contributed by atoms with E-state index in [9.17, 15) is 14.4 Å². The molecule has 148 valence electrons. The van der Waals surface area contributed by atoms with Crippen molar-refractivity contribution < 1.29 is 4.79 Å². The van der Waals surface area contributed by atoms with Gasteiger partial charge >= 0.3 is 5.69 Å². The van der Waals surface area contributed by atoms with Gasteiger partial charge in [0.1, 0.15) is 5.00 Å². The molecule has 0 unspecified atom stereocenters. The summed E-state index contributed by atoms with van der Waals surface area (Å²) >= 11 is 1.38. The highest BCUT2D eigenvalue weighted by Gasteiger charge is 2.20. The zero-order valence-electron chi connectivity index (χ0n) is 15.4. The molecule has 0 bridgehead atoms. The second-order valence-corrected chi connectivity index (χ2v) is 7.27. The van der Waals surface area contributed by atoms with Gasteiger partial charge in [-0.25, -0.2) is 9.89 Å². The van der Waals surface area contributed by atoms with Gasteiger partial charge in [-0.3, -0.25) is 9.59 Å². The molecular weight excluding hydrogens is 394 g/mol. The minimum absolute atomic E-state index is 0.183. The molecule has 11 heteroatoms. The van der Waals surface area contributed by atoms with E-state index in [4.69, 9.17) is 0 Å². The molecule has 2 N–H and O–H groups in total. The van der Waals surface area contributed by atoms with Gasteiger partial charge in [-0.15, -0.1) is 11.3 Å². The summed E-state index contributed by atoms with van der Waals surface area (Å²) in [6.07, 6.45) is 0. The minimum Gasteiger partial charge on any atom is -0.354 e. The number of carbonyl (C=O) groups is 1. The van der Waals surface area contributed by atoms with Crippen LogP contribution in [0.4, 0.5) is 0 Å². The van der Waals surface area contributed by atoms with Crippen LogP contribution in [0.3, 0.4) is 0 Å². The molecule has 0 spiro atoms. The molecule has 4 aromatic rings. The maximum absolute atomic E-state index is 12.6. The van der Waals surface area contributed by atoms with E-state index in [2.05, 4.69) is 25.9 Å². The van der Waals surface area contributed by atoms with Crippen LogP contribution in [-0.4, -0.2) is 42.4 Å². The molecule has 3 aromatic heterocycles. The van der Waals surface area contributed by atoms with Gasteiger partial charge in [-0.1, -0.05) is 18.2 Å². The molecule has 0 saturated carbocycles. The molecule has 10 nitrogen and oxygen atoms in total. The van der Waals surface area contributed by atoms with Crippen molar-refractivity contribution in [2.75, 3.05) is 6.54 Å². The highest BCUT2D eigenvalue weighted by Crippen LogP contribution is 2.20. The van der Waals surface area contributed by atoms with Crippen LogP contribution in [0.25, 0.3) is 15.8 Å². The Bertz CT molecular complexity index is 1270. The van der Waals surface area contributed by atoms with Gasteiger partial charge in [0.25, 0.3) is 5.56 Å². The lowest BCUT2D eigenvalue weighted by molar-refractivity contribution is -0.122. The third-order valence-corrected chi connectivity index (χ3v) is 5.35. The molecule has 29 heavy (non-hydrogen) atoms. The second-order valence-electron chi connectivity index (χ2n) is 6.34. The van der Waals surface area contributed by atoms with Crippen molar-refractivity contribution in [2.45, 2.75) is 19.4 Å². The van der Waals surface area contributed by atoms with Crippen molar-refractivity contribution in [3.63, 3.8) is 0 Å². The molecule has 4 rings (SSSR count). The number of nitrogens with one attached hydrogen (secondary N) is 2. The predicted molar refractivity (Wildman–Crippen MR) is 107 cm³/mol. The number of amides is 1. The predicted octanol–water partition coefficient (Wildman–Crippen LogP) is 0.647. The number of aromatic nitrogens is 6. The zero-order chi connectivity index (χ0) is 20.4. The van der Waals surface area contributed by atoms with Crippen LogP contribution in [0, 0.1) is 0 Å². The van der Waals surface area contributed by atoms with E-state index < -0.39 is 5.92 Å². The molecule has 1 atom stereocenters. The average molecular weight is 411 g/mol. The molecule has 3 heterocycles.